The molecule has 1 aromatic heterocycles. The van der Waals surface area contributed by atoms with Gasteiger partial charge in [0.1, 0.15) is 0 Å². The van der Waals surface area contributed by atoms with Crippen molar-refractivity contribution in [1.29, 1.82) is 0 Å². The fraction of sp³-hybridized carbons (Fsp3) is 0.786. The molecular weight excluding hydrogens is 302 g/mol. The minimum atomic E-state index is -0.244. The molecule has 0 radical (unpaired) electrons. The molecular formula is C14H25N5O2S. The molecule has 8 heteroatoms. The van der Waals surface area contributed by atoms with Crippen molar-refractivity contribution in [2.75, 3.05) is 43.1 Å². The SMILES string of the molecule is CCOCCCNC(=O)Nc1nnc(N2CCC[C@H](C)C2)s1. The highest BCUT2D eigenvalue weighted by Crippen LogP contribution is 2.28. The van der Waals surface area contributed by atoms with Crippen molar-refractivity contribution in [3.05, 3.63) is 0 Å². The zero-order valence-electron chi connectivity index (χ0n) is 13.3. The molecule has 2 rings (SSSR count). The van der Waals surface area contributed by atoms with Crippen LogP contribution < -0.4 is 15.5 Å². The molecule has 1 fully saturated rings. The minimum Gasteiger partial charge on any atom is -0.382 e. The van der Waals surface area contributed by atoms with Crippen LogP contribution in [-0.4, -0.2) is 49.1 Å². The quantitative estimate of drug-likeness (QED) is 0.751. The zero-order valence-corrected chi connectivity index (χ0v) is 14.1. The van der Waals surface area contributed by atoms with E-state index in [2.05, 4.69) is 32.7 Å². The fourth-order valence-electron chi connectivity index (χ4n) is 2.42. The summed E-state index contributed by atoms with van der Waals surface area (Å²) in [6.45, 7) is 8.18. The Bertz CT molecular complexity index is 468. The van der Waals surface area contributed by atoms with Gasteiger partial charge in [-0.1, -0.05) is 18.3 Å². The van der Waals surface area contributed by atoms with E-state index in [9.17, 15) is 4.79 Å². The second-order valence-corrected chi connectivity index (χ2v) is 6.47. The van der Waals surface area contributed by atoms with Gasteiger partial charge in [-0.3, -0.25) is 5.32 Å². The summed E-state index contributed by atoms with van der Waals surface area (Å²) in [7, 11) is 0. The average molecular weight is 327 g/mol. The van der Waals surface area contributed by atoms with E-state index < -0.39 is 0 Å². The van der Waals surface area contributed by atoms with Crippen molar-refractivity contribution in [2.24, 2.45) is 5.92 Å². The number of carbonyl (C=O) groups excluding carboxylic acids is 1. The molecule has 2 amide bonds. The van der Waals surface area contributed by atoms with Gasteiger partial charge in [-0.2, -0.15) is 0 Å². The predicted octanol–water partition coefficient (Wildman–Crippen LogP) is 2.32. The number of aromatic nitrogens is 2. The summed E-state index contributed by atoms with van der Waals surface area (Å²) < 4.78 is 5.22. The van der Waals surface area contributed by atoms with Crippen LogP contribution in [0.3, 0.4) is 0 Å². The van der Waals surface area contributed by atoms with E-state index >= 15 is 0 Å². The molecule has 2 N–H and O–H groups in total. The summed E-state index contributed by atoms with van der Waals surface area (Å²) in [6, 6.07) is -0.244. The van der Waals surface area contributed by atoms with Gasteiger partial charge in [0.25, 0.3) is 0 Å². The average Bonchev–Trinajstić information content (AvgIpc) is 2.95. The first-order valence-corrected chi connectivity index (χ1v) is 8.71. The Labute approximate surface area is 135 Å². The normalized spacial score (nSPS) is 18.3. The molecule has 1 aliphatic rings. The third kappa shape index (κ3) is 5.42. The number of ether oxygens (including phenoxy) is 1. The van der Waals surface area contributed by atoms with E-state index in [-0.39, 0.29) is 6.03 Å². The van der Waals surface area contributed by atoms with Crippen molar-refractivity contribution in [3.8, 4) is 0 Å². The Balaban J connectivity index is 1.73. The second-order valence-electron chi connectivity index (χ2n) is 5.51. The molecule has 1 atom stereocenters. The van der Waals surface area contributed by atoms with Crippen molar-refractivity contribution < 1.29 is 9.53 Å². The first kappa shape index (κ1) is 17.0. The number of nitrogens with zero attached hydrogens (tertiary/aromatic N) is 3. The van der Waals surface area contributed by atoms with Gasteiger partial charge >= 0.3 is 6.03 Å². The highest BCUT2D eigenvalue weighted by Gasteiger charge is 2.20. The topological polar surface area (TPSA) is 79.4 Å². The molecule has 0 spiro atoms. The van der Waals surface area contributed by atoms with Crippen LogP contribution in [0.2, 0.25) is 0 Å². The van der Waals surface area contributed by atoms with Crippen molar-refractivity contribution in [1.82, 2.24) is 15.5 Å². The number of hydrogen-bond donors (Lipinski definition) is 2. The predicted molar refractivity (Wildman–Crippen MR) is 88.7 cm³/mol. The maximum absolute atomic E-state index is 11.7. The van der Waals surface area contributed by atoms with Gasteiger partial charge in [0, 0.05) is 32.8 Å². The number of rotatable bonds is 7. The summed E-state index contributed by atoms with van der Waals surface area (Å²) in [5.41, 5.74) is 0. The van der Waals surface area contributed by atoms with Gasteiger partial charge in [0.15, 0.2) is 0 Å². The maximum atomic E-state index is 11.7. The van der Waals surface area contributed by atoms with Gasteiger partial charge < -0.3 is 15.0 Å². The molecule has 1 aromatic rings. The van der Waals surface area contributed by atoms with E-state index in [1.54, 1.807) is 0 Å². The Hall–Kier alpha value is -1.41. The minimum absolute atomic E-state index is 0.244. The van der Waals surface area contributed by atoms with Crippen LogP contribution in [0.25, 0.3) is 0 Å². The highest BCUT2D eigenvalue weighted by molar-refractivity contribution is 7.19. The van der Waals surface area contributed by atoms with Gasteiger partial charge in [0.2, 0.25) is 10.3 Å². The van der Waals surface area contributed by atoms with Crippen molar-refractivity contribution >= 4 is 27.6 Å². The number of urea groups is 1. The molecule has 0 saturated carbocycles. The monoisotopic (exact) mass is 327 g/mol. The van der Waals surface area contributed by atoms with Crippen LogP contribution in [0, 0.1) is 5.92 Å². The zero-order chi connectivity index (χ0) is 15.8. The van der Waals surface area contributed by atoms with Crippen LogP contribution in [0.4, 0.5) is 15.1 Å². The Morgan fingerprint density at radius 2 is 2.36 bits per heavy atom. The van der Waals surface area contributed by atoms with Gasteiger partial charge in [-0.25, -0.2) is 4.79 Å². The van der Waals surface area contributed by atoms with E-state index in [0.29, 0.717) is 30.8 Å². The van der Waals surface area contributed by atoms with Crippen LogP contribution in [0.1, 0.15) is 33.1 Å². The van der Waals surface area contributed by atoms with Crippen LogP contribution in [0.15, 0.2) is 0 Å². The van der Waals surface area contributed by atoms with Gasteiger partial charge in [-0.05, 0) is 32.1 Å². The highest BCUT2D eigenvalue weighted by atomic mass is 32.1. The number of carbonyl (C=O) groups is 1. The molecule has 0 unspecified atom stereocenters. The van der Waals surface area contributed by atoms with Crippen molar-refractivity contribution in [3.63, 3.8) is 0 Å². The summed E-state index contributed by atoms with van der Waals surface area (Å²) >= 11 is 1.42. The first-order chi connectivity index (χ1) is 10.7. The Morgan fingerprint density at radius 3 is 3.14 bits per heavy atom. The third-order valence-corrected chi connectivity index (χ3v) is 4.42. The molecule has 0 aliphatic carbocycles. The van der Waals surface area contributed by atoms with E-state index in [1.165, 1.54) is 24.2 Å². The lowest BCUT2D eigenvalue weighted by atomic mass is 10.0. The number of nitrogens with one attached hydrogen (secondary N) is 2. The molecule has 1 aliphatic heterocycles. The van der Waals surface area contributed by atoms with Gasteiger partial charge in [0.05, 0.1) is 0 Å². The standard InChI is InChI=1S/C14H25N5O2S/c1-3-21-9-5-7-15-12(20)16-13-17-18-14(22-13)19-8-4-6-11(2)10-19/h11H,3-10H2,1-2H3,(H2,15,16,17,20)/t11-/m0/s1. The van der Waals surface area contributed by atoms with Gasteiger partial charge in [-0.15, -0.1) is 10.2 Å². The number of anilines is 2. The van der Waals surface area contributed by atoms with E-state index in [4.69, 9.17) is 4.74 Å². The lowest BCUT2D eigenvalue weighted by molar-refractivity contribution is 0.145. The molecule has 2 heterocycles. The first-order valence-electron chi connectivity index (χ1n) is 7.90. The summed E-state index contributed by atoms with van der Waals surface area (Å²) in [5.74, 6) is 0.683. The van der Waals surface area contributed by atoms with Crippen molar-refractivity contribution in [2.45, 2.75) is 33.1 Å². The summed E-state index contributed by atoms with van der Waals surface area (Å²) in [6.07, 6.45) is 3.25. The number of hydrogen-bond acceptors (Lipinski definition) is 6. The smallest absolute Gasteiger partial charge is 0.321 e. The molecule has 22 heavy (non-hydrogen) atoms. The second kappa shape index (κ2) is 8.89. The fourth-order valence-corrected chi connectivity index (χ4v) is 3.19. The van der Waals surface area contributed by atoms with E-state index in [1.807, 2.05) is 6.92 Å². The van der Waals surface area contributed by atoms with Crippen LogP contribution in [0.5, 0.6) is 0 Å². The summed E-state index contributed by atoms with van der Waals surface area (Å²) in [4.78, 5) is 14.0. The number of amides is 2. The third-order valence-electron chi connectivity index (χ3n) is 3.52. The lowest BCUT2D eigenvalue weighted by Crippen LogP contribution is -2.34. The maximum Gasteiger partial charge on any atom is 0.321 e. The number of piperidine rings is 1. The Kier molecular flexibility index (Phi) is 6.85. The molecule has 0 aromatic carbocycles. The Morgan fingerprint density at radius 1 is 1.50 bits per heavy atom. The van der Waals surface area contributed by atoms with Crippen LogP contribution in [-0.2, 0) is 4.74 Å². The molecule has 0 bridgehead atoms. The molecule has 1 saturated heterocycles. The summed E-state index contributed by atoms with van der Waals surface area (Å²) in [5, 5.41) is 15.2. The largest absolute Gasteiger partial charge is 0.382 e. The molecule has 7 nitrogen and oxygen atoms in total. The van der Waals surface area contributed by atoms with E-state index in [0.717, 1.165) is 24.6 Å². The lowest BCUT2D eigenvalue weighted by Gasteiger charge is -2.29. The molecule has 124 valence electrons. The van der Waals surface area contributed by atoms with Crippen LogP contribution >= 0.6 is 11.3 Å².